The predicted octanol–water partition coefficient (Wildman–Crippen LogP) is 4.31. The first-order chi connectivity index (χ1) is 14.2. The van der Waals surface area contributed by atoms with Gasteiger partial charge in [0.1, 0.15) is 0 Å². The molecule has 0 unspecified atom stereocenters. The fourth-order valence-electron chi connectivity index (χ4n) is 3.51. The first kappa shape index (κ1) is 18.9. The smallest absolute Gasteiger partial charge is 0.230 e. The molecule has 0 saturated carbocycles. The first-order valence-electron chi connectivity index (χ1n) is 9.97. The van der Waals surface area contributed by atoms with Crippen LogP contribution in [0.2, 0.25) is 0 Å². The molecular weight excluding hydrogens is 362 g/mol. The maximum atomic E-state index is 12.3. The van der Waals surface area contributed by atoms with E-state index in [2.05, 4.69) is 37.9 Å². The second-order valence-electron chi connectivity index (χ2n) is 7.32. The van der Waals surface area contributed by atoms with Gasteiger partial charge in [-0.25, -0.2) is 0 Å². The van der Waals surface area contributed by atoms with E-state index in [1.165, 1.54) is 18.5 Å². The summed E-state index contributed by atoms with van der Waals surface area (Å²) in [4.78, 5) is 14.7. The van der Waals surface area contributed by atoms with Crippen LogP contribution >= 0.6 is 0 Å². The van der Waals surface area contributed by atoms with Gasteiger partial charge in [-0.1, -0.05) is 24.3 Å². The molecule has 2 heterocycles. The fourth-order valence-corrected chi connectivity index (χ4v) is 3.51. The summed E-state index contributed by atoms with van der Waals surface area (Å²) in [6.07, 6.45) is 2.85. The van der Waals surface area contributed by atoms with Gasteiger partial charge in [0, 0.05) is 24.5 Å². The van der Waals surface area contributed by atoms with Gasteiger partial charge in [0.25, 0.3) is 0 Å². The molecule has 1 fully saturated rings. The second-order valence-corrected chi connectivity index (χ2v) is 7.32. The topological polar surface area (TPSA) is 70.2 Å². The van der Waals surface area contributed by atoms with Gasteiger partial charge in [0.05, 0.1) is 6.42 Å². The minimum absolute atomic E-state index is 0.105. The van der Waals surface area contributed by atoms with E-state index in [4.69, 9.17) is 0 Å². The molecule has 1 amide bonds. The van der Waals surface area contributed by atoms with Crippen LogP contribution in [0, 0.1) is 6.92 Å². The molecule has 29 heavy (non-hydrogen) atoms. The molecule has 0 atom stereocenters. The zero-order valence-electron chi connectivity index (χ0n) is 16.6. The molecule has 3 aromatic rings. The highest BCUT2D eigenvalue weighted by Gasteiger charge is 2.12. The zero-order chi connectivity index (χ0) is 20.1. The zero-order valence-corrected chi connectivity index (χ0v) is 16.6. The Labute approximate surface area is 171 Å². The molecule has 4 rings (SSSR count). The van der Waals surface area contributed by atoms with Crippen molar-refractivity contribution in [3.63, 3.8) is 0 Å². The van der Waals surface area contributed by atoms with E-state index in [0.717, 1.165) is 29.9 Å². The van der Waals surface area contributed by atoms with E-state index in [1.807, 2.05) is 49.4 Å². The van der Waals surface area contributed by atoms with Crippen LogP contribution in [0.1, 0.15) is 24.0 Å². The maximum absolute atomic E-state index is 12.3. The van der Waals surface area contributed by atoms with Crippen molar-refractivity contribution in [2.24, 2.45) is 0 Å². The van der Waals surface area contributed by atoms with Crippen molar-refractivity contribution >= 4 is 28.9 Å². The SMILES string of the molecule is Cc1ccccc1CC(=O)Nc1ccc(Nc2ccc(N3CCCC3)cc2)nn1. The highest BCUT2D eigenvalue weighted by Crippen LogP contribution is 2.23. The molecule has 1 aliphatic heterocycles. The van der Waals surface area contributed by atoms with Crippen molar-refractivity contribution in [3.05, 3.63) is 71.8 Å². The molecule has 1 saturated heterocycles. The molecule has 1 aliphatic rings. The van der Waals surface area contributed by atoms with Crippen molar-refractivity contribution in [2.45, 2.75) is 26.2 Å². The van der Waals surface area contributed by atoms with Crippen molar-refractivity contribution in [2.75, 3.05) is 28.6 Å². The number of hydrogen-bond donors (Lipinski definition) is 2. The summed E-state index contributed by atoms with van der Waals surface area (Å²) in [5, 5.41) is 14.3. The predicted molar refractivity (Wildman–Crippen MR) is 117 cm³/mol. The van der Waals surface area contributed by atoms with Crippen LogP contribution in [0.5, 0.6) is 0 Å². The van der Waals surface area contributed by atoms with E-state index in [9.17, 15) is 4.79 Å². The standard InChI is InChI=1S/C23H25N5O/c1-17-6-2-3-7-18(17)16-23(29)25-22-13-12-21(26-27-22)24-19-8-10-20(11-9-19)28-14-4-5-15-28/h2-3,6-13H,4-5,14-16H2,1H3,(H,24,26)(H,25,27,29). The molecule has 0 aliphatic carbocycles. The quantitative estimate of drug-likeness (QED) is 0.660. The van der Waals surface area contributed by atoms with E-state index in [1.54, 1.807) is 6.07 Å². The van der Waals surface area contributed by atoms with Gasteiger partial charge in [-0.05, 0) is 67.3 Å². The highest BCUT2D eigenvalue weighted by atomic mass is 16.1. The van der Waals surface area contributed by atoms with Crippen LogP contribution in [-0.2, 0) is 11.2 Å². The van der Waals surface area contributed by atoms with Gasteiger partial charge in [0.15, 0.2) is 11.6 Å². The number of rotatable bonds is 6. The number of anilines is 4. The van der Waals surface area contributed by atoms with Crippen LogP contribution in [0.25, 0.3) is 0 Å². The van der Waals surface area contributed by atoms with Gasteiger partial charge in [-0.2, -0.15) is 0 Å². The summed E-state index contributed by atoms with van der Waals surface area (Å²) in [5.41, 5.74) is 4.32. The van der Waals surface area contributed by atoms with E-state index in [-0.39, 0.29) is 5.91 Å². The molecule has 2 N–H and O–H groups in total. The van der Waals surface area contributed by atoms with Crippen molar-refractivity contribution in [3.8, 4) is 0 Å². The first-order valence-corrected chi connectivity index (χ1v) is 9.97. The lowest BCUT2D eigenvalue weighted by molar-refractivity contribution is -0.115. The Bertz CT molecular complexity index is 963. The number of nitrogens with zero attached hydrogens (tertiary/aromatic N) is 3. The number of amides is 1. The summed E-state index contributed by atoms with van der Waals surface area (Å²) < 4.78 is 0. The lowest BCUT2D eigenvalue weighted by Crippen LogP contribution is -2.17. The second kappa shape index (κ2) is 8.73. The fraction of sp³-hybridized carbons (Fsp3) is 0.261. The molecular formula is C23H25N5O. The maximum Gasteiger partial charge on any atom is 0.230 e. The molecule has 6 heteroatoms. The molecule has 0 spiro atoms. The molecule has 2 aromatic carbocycles. The normalized spacial score (nSPS) is 13.3. The van der Waals surface area contributed by atoms with Gasteiger partial charge in [-0.15, -0.1) is 10.2 Å². The molecule has 148 valence electrons. The van der Waals surface area contributed by atoms with Crippen LogP contribution < -0.4 is 15.5 Å². The Hall–Kier alpha value is -3.41. The van der Waals surface area contributed by atoms with E-state index < -0.39 is 0 Å². The van der Waals surface area contributed by atoms with Crippen molar-refractivity contribution in [1.29, 1.82) is 0 Å². The Morgan fingerprint density at radius 1 is 0.931 bits per heavy atom. The van der Waals surface area contributed by atoms with Crippen LogP contribution in [0.3, 0.4) is 0 Å². The summed E-state index contributed by atoms with van der Waals surface area (Å²) in [6.45, 7) is 4.27. The Morgan fingerprint density at radius 2 is 1.62 bits per heavy atom. The third-order valence-electron chi connectivity index (χ3n) is 5.16. The third-order valence-corrected chi connectivity index (χ3v) is 5.16. The Balaban J connectivity index is 1.33. The average Bonchev–Trinajstić information content (AvgIpc) is 3.27. The van der Waals surface area contributed by atoms with Gasteiger partial charge in [0.2, 0.25) is 5.91 Å². The number of aryl methyl sites for hydroxylation is 1. The molecule has 0 bridgehead atoms. The minimum Gasteiger partial charge on any atom is -0.372 e. The lowest BCUT2D eigenvalue weighted by Gasteiger charge is -2.17. The van der Waals surface area contributed by atoms with E-state index in [0.29, 0.717) is 18.1 Å². The number of hydrogen-bond acceptors (Lipinski definition) is 5. The Kier molecular flexibility index (Phi) is 5.70. The molecule has 1 aromatic heterocycles. The van der Waals surface area contributed by atoms with Gasteiger partial charge >= 0.3 is 0 Å². The highest BCUT2D eigenvalue weighted by molar-refractivity contribution is 5.91. The molecule has 0 radical (unpaired) electrons. The summed E-state index contributed by atoms with van der Waals surface area (Å²) in [7, 11) is 0. The van der Waals surface area contributed by atoms with Crippen molar-refractivity contribution < 1.29 is 4.79 Å². The average molecular weight is 387 g/mol. The summed E-state index contributed by atoms with van der Waals surface area (Å²) in [6, 6.07) is 19.8. The Morgan fingerprint density at radius 3 is 2.31 bits per heavy atom. The number of aromatic nitrogens is 2. The van der Waals surface area contributed by atoms with Gasteiger partial charge < -0.3 is 15.5 Å². The largest absolute Gasteiger partial charge is 0.372 e. The number of nitrogens with one attached hydrogen (secondary N) is 2. The monoisotopic (exact) mass is 387 g/mol. The van der Waals surface area contributed by atoms with E-state index >= 15 is 0 Å². The number of carbonyl (C=O) groups excluding carboxylic acids is 1. The molecule has 6 nitrogen and oxygen atoms in total. The van der Waals surface area contributed by atoms with Crippen LogP contribution in [0.15, 0.2) is 60.7 Å². The lowest BCUT2D eigenvalue weighted by atomic mass is 10.1. The van der Waals surface area contributed by atoms with Gasteiger partial charge in [-0.3, -0.25) is 4.79 Å². The summed E-state index contributed by atoms with van der Waals surface area (Å²) >= 11 is 0. The van der Waals surface area contributed by atoms with Crippen LogP contribution in [-0.4, -0.2) is 29.2 Å². The number of carbonyl (C=O) groups is 1. The van der Waals surface area contributed by atoms with Crippen molar-refractivity contribution in [1.82, 2.24) is 10.2 Å². The number of benzene rings is 2. The summed E-state index contributed by atoms with van der Waals surface area (Å²) in [5.74, 6) is 0.973. The minimum atomic E-state index is -0.105. The van der Waals surface area contributed by atoms with Crippen LogP contribution in [0.4, 0.5) is 23.0 Å². The third kappa shape index (κ3) is 4.90.